The molecule has 1 unspecified atom stereocenters. The number of hydrogen-bond acceptors (Lipinski definition) is 3. The Bertz CT molecular complexity index is 508. The molecular weight excluding hydrogens is 310 g/mol. The van der Waals surface area contributed by atoms with Crippen LogP contribution in [0.2, 0.25) is 5.02 Å². The molecule has 0 bridgehead atoms. The molecular formula is C15H20ClNO3S. The lowest BCUT2D eigenvalue weighted by molar-refractivity contribution is -0.137. The number of benzene rings is 1. The average Bonchev–Trinajstić information content (AvgIpc) is 2.45. The van der Waals surface area contributed by atoms with Gasteiger partial charge in [0.1, 0.15) is 0 Å². The minimum atomic E-state index is -0.786. The van der Waals surface area contributed by atoms with Crippen molar-refractivity contribution >= 4 is 35.2 Å². The maximum Gasteiger partial charge on any atom is 0.303 e. The van der Waals surface area contributed by atoms with Crippen LogP contribution >= 0.6 is 23.4 Å². The zero-order valence-corrected chi connectivity index (χ0v) is 13.8. The fraction of sp³-hybridized carbons (Fsp3) is 0.467. The summed E-state index contributed by atoms with van der Waals surface area (Å²) in [6.45, 7) is 2.50. The van der Waals surface area contributed by atoms with Gasteiger partial charge in [-0.1, -0.05) is 18.5 Å². The Morgan fingerprint density at radius 1 is 1.38 bits per heavy atom. The molecule has 0 radical (unpaired) electrons. The predicted octanol–water partition coefficient (Wildman–Crippen LogP) is 3.68. The Morgan fingerprint density at radius 3 is 2.71 bits per heavy atom. The van der Waals surface area contributed by atoms with E-state index >= 15 is 0 Å². The summed E-state index contributed by atoms with van der Waals surface area (Å²) in [4.78, 5) is 23.6. The Kier molecular flexibility index (Phi) is 7.61. The highest BCUT2D eigenvalue weighted by Gasteiger charge is 2.12. The first kappa shape index (κ1) is 17.9. The number of rotatable bonds is 8. The highest BCUT2D eigenvalue weighted by Crippen LogP contribution is 2.23. The summed E-state index contributed by atoms with van der Waals surface area (Å²) in [5, 5.41) is 11.9. The largest absolute Gasteiger partial charge is 0.481 e. The van der Waals surface area contributed by atoms with Gasteiger partial charge in [0.05, 0.1) is 10.6 Å². The van der Waals surface area contributed by atoms with E-state index < -0.39 is 5.97 Å². The summed E-state index contributed by atoms with van der Waals surface area (Å²) >= 11 is 7.59. The number of carboxylic acid groups (broad SMARTS) is 1. The molecule has 1 aromatic carbocycles. The van der Waals surface area contributed by atoms with Crippen LogP contribution in [0.4, 0.5) is 0 Å². The minimum absolute atomic E-state index is 0.163. The van der Waals surface area contributed by atoms with E-state index in [0.717, 1.165) is 11.3 Å². The van der Waals surface area contributed by atoms with E-state index in [0.29, 0.717) is 23.6 Å². The number of carboxylic acids is 1. The maximum atomic E-state index is 12.1. The SMILES string of the molecule is CSc1ccc(Cl)c(C(=O)NCCC(C)CCC(=O)O)c1. The Balaban J connectivity index is 2.45. The van der Waals surface area contributed by atoms with Crippen LogP contribution in [0.15, 0.2) is 23.1 Å². The van der Waals surface area contributed by atoms with Crippen LogP contribution in [-0.4, -0.2) is 29.8 Å². The summed E-state index contributed by atoms with van der Waals surface area (Å²) in [7, 11) is 0. The van der Waals surface area contributed by atoms with Crippen molar-refractivity contribution in [1.82, 2.24) is 5.32 Å². The molecule has 6 heteroatoms. The van der Waals surface area contributed by atoms with Crippen molar-refractivity contribution < 1.29 is 14.7 Å². The van der Waals surface area contributed by atoms with Crippen LogP contribution in [0.5, 0.6) is 0 Å². The molecule has 0 heterocycles. The third-order valence-electron chi connectivity index (χ3n) is 3.19. The molecule has 0 aromatic heterocycles. The quantitative estimate of drug-likeness (QED) is 0.714. The molecule has 0 fully saturated rings. The first-order valence-corrected chi connectivity index (χ1v) is 8.37. The standard InChI is InChI=1S/C15H20ClNO3S/c1-10(3-6-14(18)19)7-8-17-15(20)12-9-11(21-2)4-5-13(12)16/h4-5,9-10H,3,6-8H2,1-2H3,(H,17,20)(H,18,19). The molecule has 0 aliphatic rings. The number of nitrogens with one attached hydrogen (secondary N) is 1. The first-order chi connectivity index (χ1) is 9.93. The van der Waals surface area contributed by atoms with Crippen molar-refractivity contribution in [2.75, 3.05) is 12.8 Å². The molecule has 1 aromatic rings. The van der Waals surface area contributed by atoms with Crippen molar-refractivity contribution in [3.63, 3.8) is 0 Å². The summed E-state index contributed by atoms with van der Waals surface area (Å²) in [5.41, 5.74) is 0.474. The average molecular weight is 330 g/mol. The van der Waals surface area contributed by atoms with Gasteiger partial charge in [0.2, 0.25) is 0 Å². The second-order valence-electron chi connectivity index (χ2n) is 4.93. The van der Waals surface area contributed by atoms with Crippen LogP contribution in [0.3, 0.4) is 0 Å². The summed E-state index contributed by atoms with van der Waals surface area (Å²) in [6, 6.07) is 5.37. The van der Waals surface area contributed by atoms with E-state index in [1.165, 1.54) is 0 Å². The molecule has 1 rings (SSSR count). The van der Waals surface area contributed by atoms with E-state index in [4.69, 9.17) is 16.7 Å². The molecule has 1 amide bonds. The Morgan fingerprint density at radius 2 is 2.10 bits per heavy atom. The van der Waals surface area contributed by atoms with E-state index in [9.17, 15) is 9.59 Å². The number of thioether (sulfide) groups is 1. The van der Waals surface area contributed by atoms with Gasteiger partial charge in [-0.05, 0) is 43.2 Å². The normalized spacial score (nSPS) is 12.0. The van der Waals surface area contributed by atoms with Gasteiger partial charge in [-0.25, -0.2) is 0 Å². The van der Waals surface area contributed by atoms with Crippen LogP contribution in [0.25, 0.3) is 0 Å². The lowest BCUT2D eigenvalue weighted by Gasteiger charge is -2.11. The van der Waals surface area contributed by atoms with Gasteiger partial charge in [0.25, 0.3) is 5.91 Å². The number of hydrogen-bond donors (Lipinski definition) is 2. The molecule has 0 saturated heterocycles. The van der Waals surface area contributed by atoms with Gasteiger partial charge in [-0.15, -0.1) is 11.8 Å². The van der Waals surface area contributed by atoms with E-state index in [1.807, 2.05) is 19.2 Å². The van der Waals surface area contributed by atoms with Gasteiger partial charge < -0.3 is 10.4 Å². The number of halogens is 1. The fourth-order valence-corrected chi connectivity index (χ4v) is 2.49. The zero-order chi connectivity index (χ0) is 15.8. The van der Waals surface area contributed by atoms with Crippen LogP contribution in [0.1, 0.15) is 36.5 Å². The van der Waals surface area contributed by atoms with Gasteiger partial charge in [0.15, 0.2) is 0 Å². The van der Waals surface area contributed by atoms with Gasteiger partial charge in [-0.3, -0.25) is 9.59 Å². The lowest BCUT2D eigenvalue weighted by atomic mass is 10.0. The van der Waals surface area contributed by atoms with Crippen molar-refractivity contribution in [1.29, 1.82) is 0 Å². The lowest BCUT2D eigenvalue weighted by Crippen LogP contribution is -2.26. The predicted molar refractivity (Wildman–Crippen MR) is 86.2 cm³/mol. The zero-order valence-electron chi connectivity index (χ0n) is 12.2. The van der Waals surface area contributed by atoms with Crippen molar-refractivity contribution in [3.8, 4) is 0 Å². The van der Waals surface area contributed by atoms with Crippen molar-refractivity contribution in [2.45, 2.75) is 31.1 Å². The van der Waals surface area contributed by atoms with Crippen molar-refractivity contribution in [2.24, 2.45) is 5.92 Å². The van der Waals surface area contributed by atoms with Crippen LogP contribution in [-0.2, 0) is 4.79 Å². The third kappa shape index (κ3) is 6.40. The number of carbonyl (C=O) groups is 2. The van der Waals surface area contributed by atoms with Gasteiger partial charge in [-0.2, -0.15) is 0 Å². The smallest absolute Gasteiger partial charge is 0.303 e. The van der Waals surface area contributed by atoms with Crippen molar-refractivity contribution in [3.05, 3.63) is 28.8 Å². The minimum Gasteiger partial charge on any atom is -0.481 e. The van der Waals surface area contributed by atoms with E-state index in [-0.39, 0.29) is 18.2 Å². The van der Waals surface area contributed by atoms with E-state index in [1.54, 1.807) is 23.9 Å². The molecule has 21 heavy (non-hydrogen) atoms. The Hall–Kier alpha value is -1.20. The van der Waals surface area contributed by atoms with E-state index in [2.05, 4.69) is 5.32 Å². The summed E-state index contributed by atoms with van der Waals surface area (Å²) in [6.07, 6.45) is 3.47. The number of amides is 1. The monoisotopic (exact) mass is 329 g/mol. The topological polar surface area (TPSA) is 66.4 Å². The molecule has 2 N–H and O–H groups in total. The summed E-state index contributed by atoms with van der Waals surface area (Å²) in [5.74, 6) is -0.720. The third-order valence-corrected chi connectivity index (χ3v) is 4.25. The number of carbonyl (C=O) groups excluding carboxylic acids is 1. The second kappa shape index (κ2) is 8.95. The highest BCUT2D eigenvalue weighted by atomic mass is 35.5. The summed E-state index contributed by atoms with van der Waals surface area (Å²) < 4.78 is 0. The highest BCUT2D eigenvalue weighted by molar-refractivity contribution is 7.98. The molecule has 0 aliphatic heterocycles. The maximum absolute atomic E-state index is 12.1. The van der Waals surface area contributed by atoms with Gasteiger partial charge >= 0.3 is 5.97 Å². The fourth-order valence-electron chi connectivity index (χ4n) is 1.85. The Labute approximate surface area is 134 Å². The van der Waals surface area contributed by atoms with Crippen LogP contribution in [0, 0.1) is 5.92 Å². The molecule has 4 nitrogen and oxygen atoms in total. The first-order valence-electron chi connectivity index (χ1n) is 6.77. The van der Waals surface area contributed by atoms with Gasteiger partial charge in [0, 0.05) is 17.9 Å². The molecule has 116 valence electrons. The molecule has 0 spiro atoms. The molecule has 0 saturated carbocycles. The van der Waals surface area contributed by atoms with Crippen LogP contribution < -0.4 is 5.32 Å². The molecule has 1 atom stereocenters. The number of aliphatic carboxylic acids is 1. The second-order valence-corrected chi connectivity index (χ2v) is 6.21. The molecule has 0 aliphatic carbocycles.